The standard InChI is InChI=1S/C14H17BrN4O/c15-12-9-16-4-3-13(12)17-6-10-2-1-5-20-14(10)11-7-18-19-8-11/h3-4,7-10,14H,1-2,5-6H2,(H,16,17)(H,18,19)/t10-,14+/m0/s1. The molecule has 1 aliphatic heterocycles. The lowest BCUT2D eigenvalue weighted by Gasteiger charge is -2.31. The maximum absolute atomic E-state index is 5.93. The van der Waals surface area contributed by atoms with Gasteiger partial charge >= 0.3 is 0 Å². The van der Waals surface area contributed by atoms with Gasteiger partial charge in [-0.25, -0.2) is 0 Å². The number of pyridine rings is 1. The van der Waals surface area contributed by atoms with Crippen molar-refractivity contribution in [1.82, 2.24) is 15.2 Å². The summed E-state index contributed by atoms with van der Waals surface area (Å²) in [5, 5.41) is 10.4. The Morgan fingerprint density at radius 2 is 2.40 bits per heavy atom. The Kier molecular flexibility index (Phi) is 4.32. The van der Waals surface area contributed by atoms with Crippen LogP contribution >= 0.6 is 15.9 Å². The van der Waals surface area contributed by atoms with Crippen molar-refractivity contribution in [1.29, 1.82) is 0 Å². The first-order valence-corrected chi connectivity index (χ1v) is 7.57. The molecule has 1 saturated heterocycles. The van der Waals surface area contributed by atoms with Crippen molar-refractivity contribution in [3.8, 4) is 0 Å². The molecule has 2 N–H and O–H groups in total. The van der Waals surface area contributed by atoms with Crippen LogP contribution in [0.25, 0.3) is 0 Å². The molecule has 2 atom stereocenters. The van der Waals surface area contributed by atoms with Gasteiger partial charge in [-0.3, -0.25) is 10.1 Å². The highest BCUT2D eigenvalue weighted by Gasteiger charge is 2.28. The monoisotopic (exact) mass is 336 g/mol. The van der Waals surface area contributed by atoms with E-state index in [9.17, 15) is 0 Å². The van der Waals surface area contributed by atoms with Gasteiger partial charge in [-0.2, -0.15) is 5.10 Å². The van der Waals surface area contributed by atoms with E-state index in [1.54, 1.807) is 12.4 Å². The number of hydrogen-bond acceptors (Lipinski definition) is 4. The van der Waals surface area contributed by atoms with Gasteiger partial charge in [0.05, 0.1) is 22.5 Å². The van der Waals surface area contributed by atoms with Crippen LogP contribution in [0.3, 0.4) is 0 Å². The van der Waals surface area contributed by atoms with Crippen LogP contribution in [-0.4, -0.2) is 28.3 Å². The van der Waals surface area contributed by atoms with Crippen molar-refractivity contribution >= 4 is 21.6 Å². The average Bonchev–Trinajstić information content (AvgIpc) is 3.01. The predicted octanol–water partition coefficient (Wildman–Crippen LogP) is 3.15. The molecule has 2 aromatic heterocycles. The van der Waals surface area contributed by atoms with E-state index in [1.165, 1.54) is 0 Å². The van der Waals surface area contributed by atoms with Gasteiger partial charge in [0.2, 0.25) is 0 Å². The number of H-pyrrole nitrogens is 1. The van der Waals surface area contributed by atoms with Crippen molar-refractivity contribution in [2.75, 3.05) is 18.5 Å². The number of hydrogen-bond donors (Lipinski definition) is 2. The summed E-state index contributed by atoms with van der Waals surface area (Å²) in [6.07, 6.45) is 9.75. The fourth-order valence-electron chi connectivity index (χ4n) is 2.60. The first kappa shape index (κ1) is 13.6. The predicted molar refractivity (Wildman–Crippen MR) is 80.4 cm³/mol. The lowest BCUT2D eigenvalue weighted by atomic mass is 9.91. The zero-order valence-corrected chi connectivity index (χ0v) is 12.6. The molecule has 0 radical (unpaired) electrons. The smallest absolute Gasteiger partial charge is 0.0900 e. The molecule has 0 aromatic carbocycles. The number of nitrogens with zero attached hydrogens (tertiary/aromatic N) is 2. The highest BCUT2D eigenvalue weighted by molar-refractivity contribution is 9.10. The topological polar surface area (TPSA) is 62.8 Å². The third kappa shape index (κ3) is 3.02. The lowest BCUT2D eigenvalue weighted by molar-refractivity contribution is -0.0238. The van der Waals surface area contributed by atoms with E-state index in [0.717, 1.165) is 41.7 Å². The van der Waals surface area contributed by atoms with Crippen LogP contribution in [0.5, 0.6) is 0 Å². The molecule has 0 unspecified atom stereocenters. The summed E-state index contributed by atoms with van der Waals surface area (Å²) >= 11 is 3.50. The number of ether oxygens (including phenoxy) is 1. The van der Waals surface area contributed by atoms with Gasteiger partial charge in [0.15, 0.2) is 0 Å². The van der Waals surface area contributed by atoms with Crippen molar-refractivity contribution in [3.63, 3.8) is 0 Å². The highest BCUT2D eigenvalue weighted by atomic mass is 79.9. The number of rotatable bonds is 4. The Morgan fingerprint density at radius 3 is 3.20 bits per heavy atom. The quantitative estimate of drug-likeness (QED) is 0.900. The average molecular weight is 337 g/mol. The van der Waals surface area contributed by atoms with Crippen LogP contribution in [0.4, 0.5) is 5.69 Å². The second-order valence-electron chi connectivity index (χ2n) is 4.96. The van der Waals surface area contributed by atoms with E-state index >= 15 is 0 Å². The number of aromatic nitrogens is 3. The van der Waals surface area contributed by atoms with E-state index in [2.05, 4.69) is 36.4 Å². The molecule has 3 rings (SSSR count). The van der Waals surface area contributed by atoms with Crippen molar-refractivity contribution in [3.05, 3.63) is 40.9 Å². The second-order valence-corrected chi connectivity index (χ2v) is 5.82. The number of halogens is 1. The van der Waals surface area contributed by atoms with E-state index < -0.39 is 0 Å². The van der Waals surface area contributed by atoms with Gasteiger partial charge < -0.3 is 10.1 Å². The van der Waals surface area contributed by atoms with E-state index in [0.29, 0.717) is 5.92 Å². The number of anilines is 1. The maximum atomic E-state index is 5.93. The Labute approximate surface area is 126 Å². The van der Waals surface area contributed by atoms with Crippen molar-refractivity contribution in [2.24, 2.45) is 5.92 Å². The number of aromatic amines is 1. The third-order valence-corrected chi connectivity index (χ3v) is 4.25. The van der Waals surface area contributed by atoms with Gasteiger partial charge in [0.25, 0.3) is 0 Å². The molecule has 0 spiro atoms. The molecule has 106 valence electrons. The number of nitrogens with one attached hydrogen (secondary N) is 2. The summed E-state index contributed by atoms with van der Waals surface area (Å²) < 4.78 is 6.91. The zero-order valence-electron chi connectivity index (χ0n) is 11.1. The summed E-state index contributed by atoms with van der Waals surface area (Å²) in [5.41, 5.74) is 2.20. The molecular formula is C14H17BrN4O. The molecule has 0 bridgehead atoms. The molecule has 0 amide bonds. The van der Waals surface area contributed by atoms with Crippen molar-refractivity contribution in [2.45, 2.75) is 18.9 Å². The molecule has 0 aliphatic carbocycles. The van der Waals surface area contributed by atoms with Gasteiger partial charge in [-0.1, -0.05) is 0 Å². The lowest BCUT2D eigenvalue weighted by Crippen LogP contribution is -2.28. The Bertz CT molecular complexity index is 546. The van der Waals surface area contributed by atoms with Crippen LogP contribution in [0.15, 0.2) is 35.3 Å². The van der Waals surface area contributed by atoms with Crippen LogP contribution in [0.2, 0.25) is 0 Å². The van der Waals surface area contributed by atoms with Crippen LogP contribution in [-0.2, 0) is 4.74 Å². The summed E-state index contributed by atoms with van der Waals surface area (Å²) in [6.45, 7) is 1.70. The second kappa shape index (κ2) is 6.37. The van der Waals surface area contributed by atoms with Crippen LogP contribution in [0.1, 0.15) is 24.5 Å². The van der Waals surface area contributed by atoms with E-state index in [1.807, 2.05) is 18.5 Å². The molecule has 2 aromatic rings. The maximum Gasteiger partial charge on any atom is 0.0900 e. The Hall–Kier alpha value is -1.40. The largest absolute Gasteiger partial charge is 0.384 e. The summed E-state index contributed by atoms with van der Waals surface area (Å²) in [5.74, 6) is 0.446. The molecule has 3 heterocycles. The fraction of sp³-hybridized carbons (Fsp3) is 0.429. The SMILES string of the molecule is Brc1cnccc1NC[C@@H]1CCCO[C@H]1c1cn[nH]c1. The highest BCUT2D eigenvalue weighted by Crippen LogP contribution is 2.33. The fourth-order valence-corrected chi connectivity index (χ4v) is 2.99. The van der Waals surface area contributed by atoms with E-state index in [-0.39, 0.29) is 6.10 Å². The molecule has 5 nitrogen and oxygen atoms in total. The molecule has 20 heavy (non-hydrogen) atoms. The summed E-state index contributed by atoms with van der Waals surface area (Å²) in [4.78, 5) is 4.07. The molecule has 1 aliphatic rings. The van der Waals surface area contributed by atoms with Gasteiger partial charge in [0, 0.05) is 43.2 Å². The van der Waals surface area contributed by atoms with Gasteiger partial charge in [0.1, 0.15) is 0 Å². The minimum atomic E-state index is 0.121. The van der Waals surface area contributed by atoms with E-state index in [4.69, 9.17) is 4.74 Å². The first-order chi connectivity index (χ1) is 9.84. The first-order valence-electron chi connectivity index (χ1n) is 6.78. The normalized spacial score (nSPS) is 22.6. The minimum absolute atomic E-state index is 0.121. The summed E-state index contributed by atoms with van der Waals surface area (Å²) in [6, 6.07) is 1.97. The molecule has 1 fully saturated rings. The summed E-state index contributed by atoms with van der Waals surface area (Å²) in [7, 11) is 0. The van der Waals surface area contributed by atoms with Crippen LogP contribution in [0, 0.1) is 5.92 Å². The van der Waals surface area contributed by atoms with Gasteiger partial charge in [-0.15, -0.1) is 0 Å². The Balaban J connectivity index is 1.67. The molecule has 0 saturated carbocycles. The zero-order chi connectivity index (χ0) is 13.8. The molecule has 6 heteroatoms. The van der Waals surface area contributed by atoms with Gasteiger partial charge in [-0.05, 0) is 34.8 Å². The Morgan fingerprint density at radius 1 is 1.45 bits per heavy atom. The molecular weight excluding hydrogens is 320 g/mol. The third-order valence-electron chi connectivity index (χ3n) is 3.62. The van der Waals surface area contributed by atoms with Crippen molar-refractivity contribution < 1.29 is 4.74 Å². The van der Waals surface area contributed by atoms with Crippen LogP contribution < -0.4 is 5.32 Å². The minimum Gasteiger partial charge on any atom is -0.384 e.